The van der Waals surface area contributed by atoms with Gasteiger partial charge in [-0.2, -0.15) is 4.99 Å². The number of aromatic nitrogens is 1. The van der Waals surface area contributed by atoms with Crippen molar-refractivity contribution >= 4 is 23.3 Å². The molecular formula is C14H21N5S. The zero-order valence-corrected chi connectivity index (χ0v) is 12.4. The van der Waals surface area contributed by atoms with Crippen LogP contribution < -0.4 is 11.1 Å². The second-order valence-electron chi connectivity index (χ2n) is 4.85. The maximum atomic E-state index is 6.02. The Morgan fingerprint density at radius 2 is 2.05 bits per heavy atom. The summed E-state index contributed by atoms with van der Waals surface area (Å²) in [5, 5.41) is 3.47. The highest BCUT2D eigenvalue weighted by Crippen LogP contribution is 2.09. The number of nitrogens with one attached hydrogen (secondary N) is 1. The lowest BCUT2D eigenvalue weighted by atomic mass is 10.2. The monoisotopic (exact) mass is 291 g/mol. The number of guanidine groups is 1. The summed E-state index contributed by atoms with van der Waals surface area (Å²) in [6.07, 6.45) is 6.64. The van der Waals surface area contributed by atoms with E-state index < -0.39 is 0 Å². The van der Waals surface area contributed by atoms with Gasteiger partial charge in [-0.05, 0) is 37.2 Å². The van der Waals surface area contributed by atoms with E-state index >= 15 is 0 Å². The first-order valence-corrected chi connectivity index (χ1v) is 7.43. The number of hydrogen-bond acceptors (Lipinski definition) is 2. The van der Waals surface area contributed by atoms with Gasteiger partial charge in [0.25, 0.3) is 0 Å². The molecule has 2 heterocycles. The molecule has 0 aliphatic carbocycles. The van der Waals surface area contributed by atoms with Crippen molar-refractivity contribution in [1.29, 1.82) is 0 Å². The molecule has 0 amide bonds. The van der Waals surface area contributed by atoms with Crippen molar-refractivity contribution < 1.29 is 0 Å². The van der Waals surface area contributed by atoms with E-state index in [1.165, 1.54) is 25.7 Å². The number of pyridine rings is 1. The van der Waals surface area contributed by atoms with Crippen LogP contribution in [0, 0.1) is 0 Å². The molecule has 0 radical (unpaired) electrons. The maximum Gasteiger partial charge on any atom is 0.198 e. The summed E-state index contributed by atoms with van der Waals surface area (Å²) in [5.41, 5.74) is 6.95. The van der Waals surface area contributed by atoms with Crippen molar-refractivity contribution in [2.45, 2.75) is 32.2 Å². The quantitative estimate of drug-likeness (QED) is 0.493. The molecule has 1 saturated heterocycles. The number of thiocarbonyl (C=S) groups is 1. The normalized spacial score (nSPS) is 16.6. The molecule has 6 heteroatoms. The van der Waals surface area contributed by atoms with Crippen LogP contribution in [0.5, 0.6) is 0 Å². The Kier molecular flexibility index (Phi) is 5.73. The molecule has 0 saturated carbocycles. The molecule has 0 aromatic carbocycles. The standard InChI is InChI=1S/C14H21N5S/c15-13(19-9-5-1-2-6-10-19)18-14(20)17-11-12-7-3-4-8-16-12/h3-4,7-8H,1-2,5-6,9-11H2,(H3,15,17,18,20). The largest absolute Gasteiger partial charge is 0.369 e. The first-order valence-electron chi connectivity index (χ1n) is 7.02. The SMILES string of the molecule is NC(=NC(=S)NCc1ccccn1)N1CCCCCC1. The highest BCUT2D eigenvalue weighted by Gasteiger charge is 2.11. The van der Waals surface area contributed by atoms with Crippen LogP contribution >= 0.6 is 12.2 Å². The van der Waals surface area contributed by atoms with Crippen molar-refractivity contribution in [2.24, 2.45) is 10.7 Å². The van der Waals surface area contributed by atoms with E-state index in [0.29, 0.717) is 17.6 Å². The van der Waals surface area contributed by atoms with Crippen LogP contribution in [-0.4, -0.2) is 34.0 Å². The molecule has 3 N–H and O–H groups in total. The zero-order valence-electron chi connectivity index (χ0n) is 11.6. The minimum atomic E-state index is 0.414. The third-order valence-electron chi connectivity index (χ3n) is 3.29. The summed E-state index contributed by atoms with van der Waals surface area (Å²) in [6, 6.07) is 5.77. The van der Waals surface area contributed by atoms with Gasteiger partial charge in [-0.15, -0.1) is 0 Å². The molecule has 0 atom stereocenters. The fourth-order valence-electron chi connectivity index (χ4n) is 2.18. The van der Waals surface area contributed by atoms with E-state index in [2.05, 4.69) is 20.2 Å². The molecule has 2 rings (SSSR count). The van der Waals surface area contributed by atoms with Crippen LogP contribution in [0.25, 0.3) is 0 Å². The lowest BCUT2D eigenvalue weighted by molar-refractivity contribution is 0.431. The summed E-state index contributed by atoms with van der Waals surface area (Å²) in [7, 11) is 0. The highest BCUT2D eigenvalue weighted by molar-refractivity contribution is 7.80. The van der Waals surface area contributed by atoms with Gasteiger partial charge in [0.15, 0.2) is 11.1 Å². The Balaban J connectivity index is 1.84. The molecular weight excluding hydrogens is 270 g/mol. The first kappa shape index (κ1) is 14.7. The molecule has 0 bridgehead atoms. The fourth-order valence-corrected chi connectivity index (χ4v) is 2.35. The van der Waals surface area contributed by atoms with Gasteiger partial charge >= 0.3 is 0 Å². The summed E-state index contributed by atoms with van der Waals surface area (Å²) < 4.78 is 0. The van der Waals surface area contributed by atoms with Crippen LogP contribution in [0.4, 0.5) is 0 Å². The lowest BCUT2D eigenvalue weighted by Gasteiger charge is -2.21. The van der Waals surface area contributed by atoms with Gasteiger partial charge in [0.2, 0.25) is 0 Å². The van der Waals surface area contributed by atoms with Crippen molar-refractivity contribution in [3.8, 4) is 0 Å². The van der Waals surface area contributed by atoms with Gasteiger partial charge in [-0.3, -0.25) is 4.98 Å². The number of hydrogen-bond donors (Lipinski definition) is 2. The average molecular weight is 291 g/mol. The summed E-state index contributed by atoms with van der Waals surface area (Å²) in [5.74, 6) is 0.519. The van der Waals surface area contributed by atoms with E-state index in [-0.39, 0.29) is 0 Å². The zero-order chi connectivity index (χ0) is 14.2. The minimum absolute atomic E-state index is 0.414. The van der Waals surface area contributed by atoms with E-state index in [4.69, 9.17) is 18.0 Å². The van der Waals surface area contributed by atoms with E-state index in [9.17, 15) is 0 Å². The lowest BCUT2D eigenvalue weighted by Crippen LogP contribution is -2.39. The number of nitrogens with two attached hydrogens (primary N) is 1. The van der Waals surface area contributed by atoms with Crippen LogP contribution in [0.1, 0.15) is 31.4 Å². The minimum Gasteiger partial charge on any atom is -0.369 e. The summed E-state index contributed by atoms with van der Waals surface area (Å²) in [6.45, 7) is 2.51. The van der Waals surface area contributed by atoms with Crippen LogP contribution in [0.15, 0.2) is 29.4 Å². The smallest absolute Gasteiger partial charge is 0.198 e. The predicted octanol–water partition coefficient (Wildman–Crippen LogP) is 1.65. The first-order chi connectivity index (χ1) is 9.75. The van der Waals surface area contributed by atoms with Gasteiger partial charge < -0.3 is 16.0 Å². The highest BCUT2D eigenvalue weighted by atomic mass is 32.1. The third-order valence-corrected chi connectivity index (χ3v) is 3.53. The topological polar surface area (TPSA) is 66.5 Å². The maximum absolute atomic E-state index is 6.02. The van der Waals surface area contributed by atoms with Crippen molar-refractivity contribution in [3.63, 3.8) is 0 Å². The third kappa shape index (κ3) is 4.77. The molecule has 1 fully saturated rings. The Hall–Kier alpha value is -1.69. The number of rotatable bonds is 2. The molecule has 1 aliphatic heterocycles. The van der Waals surface area contributed by atoms with Crippen LogP contribution in [-0.2, 0) is 6.54 Å². The molecule has 20 heavy (non-hydrogen) atoms. The van der Waals surface area contributed by atoms with Gasteiger partial charge in [-0.1, -0.05) is 18.9 Å². The molecule has 1 aromatic heterocycles. The van der Waals surface area contributed by atoms with Crippen molar-refractivity contribution in [2.75, 3.05) is 13.1 Å². The van der Waals surface area contributed by atoms with Crippen LogP contribution in [0.2, 0.25) is 0 Å². The Morgan fingerprint density at radius 1 is 1.30 bits per heavy atom. The summed E-state index contributed by atoms with van der Waals surface area (Å²) in [4.78, 5) is 10.6. The van der Waals surface area contributed by atoms with Gasteiger partial charge in [0.05, 0.1) is 12.2 Å². The summed E-state index contributed by atoms with van der Waals surface area (Å²) >= 11 is 5.20. The molecule has 0 unspecified atom stereocenters. The van der Waals surface area contributed by atoms with Crippen LogP contribution in [0.3, 0.4) is 0 Å². The van der Waals surface area contributed by atoms with Crippen molar-refractivity contribution in [3.05, 3.63) is 30.1 Å². The van der Waals surface area contributed by atoms with Gasteiger partial charge in [0.1, 0.15) is 0 Å². The van der Waals surface area contributed by atoms with Gasteiger partial charge in [0, 0.05) is 19.3 Å². The predicted molar refractivity (Wildman–Crippen MR) is 85.3 cm³/mol. The number of likely N-dealkylation sites (tertiary alicyclic amines) is 1. The van der Waals surface area contributed by atoms with E-state index in [0.717, 1.165) is 18.8 Å². The Morgan fingerprint density at radius 3 is 2.70 bits per heavy atom. The average Bonchev–Trinajstić information content (AvgIpc) is 2.75. The molecule has 0 spiro atoms. The fraction of sp³-hybridized carbons (Fsp3) is 0.500. The van der Waals surface area contributed by atoms with E-state index in [1.54, 1.807) is 6.20 Å². The molecule has 1 aliphatic rings. The molecule has 108 valence electrons. The number of aliphatic imine (C=N–C) groups is 1. The van der Waals surface area contributed by atoms with E-state index in [1.807, 2.05) is 18.2 Å². The molecule has 1 aromatic rings. The second kappa shape index (κ2) is 7.79. The number of nitrogens with zero attached hydrogens (tertiary/aromatic N) is 3. The van der Waals surface area contributed by atoms with Crippen molar-refractivity contribution in [1.82, 2.24) is 15.2 Å². The molecule has 5 nitrogen and oxygen atoms in total. The second-order valence-corrected chi connectivity index (χ2v) is 5.24. The Bertz CT molecular complexity index is 452. The van der Waals surface area contributed by atoms with Gasteiger partial charge in [-0.25, -0.2) is 0 Å². The Labute approximate surface area is 125 Å².